The van der Waals surface area contributed by atoms with Gasteiger partial charge in [-0.15, -0.1) is 0 Å². The van der Waals surface area contributed by atoms with Gasteiger partial charge in [0.1, 0.15) is 5.15 Å². The molecule has 0 saturated carbocycles. The third kappa shape index (κ3) is 1.93. The molecule has 2 rings (SSSR count). The summed E-state index contributed by atoms with van der Waals surface area (Å²) in [6.07, 6.45) is 2.51. The fraction of sp³-hybridized carbons (Fsp3) is 0.286. The molecule has 0 aliphatic heterocycles. The summed E-state index contributed by atoms with van der Waals surface area (Å²) < 4.78 is 0. The van der Waals surface area contributed by atoms with Crippen LogP contribution in [0.4, 0.5) is 0 Å². The monoisotopic (exact) mass is 247 g/mol. The summed E-state index contributed by atoms with van der Waals surface area (Å²) in [6, 6.07) is 5.99. The molecular formula is C14H14ClNO. The van der Waals surface area contributed by atoms with E-state index in [1.807, 2.05) is 19.1 Å². The number of rotatable bonds is 3. The van der Waals surface area contributed by atoms with Crippen LogP contribution in [0.15, 0.2) is 18.2 Å². The van der Waals surface area contributed by atoms with Gasteiger partial charge in [0.15, 0.2) is 6.29 Å². The van der Waals surface area contributed by atoms with Crippen LogP contribution >= 0.6 is 11.6 Å². The lowest BCUT2D eigenvalue weighted by atomic mass is 9.96. The summed E-state index contributed by atoms with van der Waals surface area (Å²) in [4.78, 5) is 15.4. The molecule has 3 heteroatoms. The molecule has 88 valence electrons. The van der Waals surface area contributed by atoms with E-state index in [-0.39, 0.29) is 0 Å². The molecule has 0 aliphatic carbocycles. The van der Waals surface area contributed by atoms with Crippen molar-refractivity contribution in [2.75, 3.05) is 0 Å². The number of fused-ring (bicyclic) bond motifs is 1. The first-order chi connectivity index (χ1) is 8.22. The molecule has 2 nitrogen and oxygen atoms in total. The summed E-state index contributed by atoms with van der Waals surface area (Å²) in [5, 5.41) is 1.39. The van der Waals surface area contributed by atoms with Crippen LogP contribution in [0.2, 0.25) is 5.15 Å². The van der Waals surface area contributed by atoms with Gasteiger partial charge in [-0.05, 0) is 30.0 Å². The van der Waals surface area contributed by atoms with E-state index in [0.717, 1.165) is 35.6 Å². The molecule has 0 saturated heterocycles. The molecule has 0 amide bonds. The van der Waals surface area contributed by atoms with E-state index in [2.05, 4.69) is 18.0 Å². The highest BCUT2D eigenvalue weighted by atomic mass is 35.5. The van der Waals surface area contributed by atoms with Gasteiger partial charge in [0.2, 0.25) is 0 Å². The van der Waals surface area contributed by atoms with Crippen molar-refractivity contribution in [3.05, 3.63) is 40.0 Å². The van der Waals surface area contributed by atoms with Crippen molar-refractivity contribution < 1.29 is 4.79 Å². The molecule has 0 radical (unpaired) electrons. The van der Waals surface area contributed by atoms with Crippen LogP contribution in [-0.2, 0) is 12.8 Å². The van der Waals surface area contributed by atoms with Gasteiger partial charge in [-0.3, -0.25) is 4.79 Å². The van der Waals surface area contributed by atoms with E-state index < -0.39 is 0 Å². The summed E-state index contributed by atoms with van der Waals surface area (Å²) in [6.45, 7) is 4.13. The highest BCUT2D eigenvalue weighted by molar-refractivity contribution is 6.32. The smallest absolute Gasteiger partial charge is 0.153 e. The maximum Gasteiger partial charge on any atom is 0.153 e. The van der Waals surface area contributed by atoms with Crippen LogP contribution in [0.5, 0.6) is 0 Å². The first kappa shape index (κ1) is 12.1. The van der Waals surface area contributed by atoms with Crippen LogP contribution in [0.3, 0.4) is 0 Å². The lowest BCUT2D eigenvalue weighted by Gasteiger charge is -2.12. The number of hydrogen-bond acceptors (Lipinski definition) is 2. The Bertz CT molecular complexity index is 578. The summed E-state index contributed by atoms with van der Waals surface area (Å²) in [7, 11) is 0. The zero-order valence-corrected chi connectivity index (χ0v) is 10.7. The van der Waals surface area contributed by atoms with E-state index >= 15 is 0 Å². The van der Waals surface area contributed by atoms with Crippen LogP contribution in [-0.4, -0.2) is 11.3 Å². The number of carbonyl (C=O) groups excluding carboxylic acids is 1. The second-order valence-electron chi connectivity index (χ2n) is 3.93. The van der Waals surface area contributed by atoms with Crippen molar-refractivity contribution in [1.29, 1.82) is 0 Å². The highest BCUT2D eigenvalue weighted by Crippen LogP contribution is 2.28. The van der Waals surface area contributed by atoms with E-state index in [1.165, 1.54) is 5.56 Å². The molecule has 0 fully saturated rings. The van der Waals surface area contributed by atoms with E-state index in [4.69, 9.17) is 11.6 Å². The maximum atomic E-state index is 11.1. The second kappa shape index (κ2) is 4.84. The lowest BCUT2D eigenvalue weighted by molar-refractivity contribution is 0.112. The molecule has 0 unspecified atom stereocenters. The lowest BCUT2D eigenvalue weighted by Crippen LogP contribution is -1.99. The third-order valence-electron chi connectivity index (χ3n) is 3.05. The van der Waals surface area contributed by atoms with Gasteiger partial charge in [0.05, 0.1) is 11.1 Å². The number of benzene rings is 1. The van der Waals surface area contributed by atoms with Crippen molar-refractivity contribution in [3.63, 3.8) is 0 Å². The Morgan fingerprint density at radius 1 is 1.29 bits per heavy atom. The van der Waals surface area contributed by atoms with Gasteiger partial charge >= 0.3 is 0 Å². The Labute approximate surface area is 106 Å². The Kier molecular flexibility index (Phi) is 3.43. The molecule has 0 bridgehead atoms. The summed E-state index contributed by atoms with van der Waals surface area (Å²) >= 11 is 6.04. The number of aryl methyl sites for hydroxylation is 2. The number of hydrogen-bond donors (Lipinski definition) is 0. The predicted molar refractivity (Wildman–Crippen MR) is 70.9 cm³/mol. The Morgan fingerprint density at radius 2 is 2.06 bits per heavy atom. The largest absolute Gasteiger partial charge is 0.298 e. The number of pyridine rings is 1. The minimum atomic E-state index is 0.303. The zero-order chi connectivity index (χ0) is 12.4. The molecule has 0 spiro atoms. The Balaban J connectivity index is 2.95. The molecule has 0 N–H and O–H groups in total. The normalized spacial score (nSPS) is 10.8. The third-order valence-corrected chi connectivity index (χ3v) is 3.34. The average Bonchev–Trinajstić information content (AvgIpc) is 2.36. The quantitative estimate of drug-likeness (QED) is 0.610. The molecule has 17 heavy (non-hydrogen) atoms. The molecule has 1 aromatic carbocycles. The zero-order valence-electron chi connectivity index (χ0n) is 9.96. The van der Waals surface area contributed by atoms with Crippen LogP contribution in [0.25, 0.3) is 10.9 Å². The van der Waals surface area contributed by atoms with Crippen molar-refractivity contribution in [2.24, 2.45) is 0 Å². The minimum Gasteiger partial charge on any atom is -0.298 e. The average molecular weight is 248 g/mol. The fourth-order valence-corrected chi connectivity index (χ4v) is 2.48. The molecule has 0 atom stereocenters. The predicted octanol–water partition coefficient (Wildman–Crippen LogP) is 3.83. The molecule has 1 heterocycles. The number of halogens is 1. The summed E-state index contributed by atoms with van der Waals surface area (Å²) in [5.41, 5.74) is 3.62. The van der Waals surface area contributed by atoms with Crippen LogP contribution in [0.1, 0.15) is 35.3 Å². The number of aromatic nitrogens is 1. The van der Waals surface area contributed by atoms with Gasteiger partial charge in [-0.25, -0.2) is 4.98 Å². The standard InChI is InChI=1S/C14H14ClNO/c1-3-9-6-5-7-12-13(9)10(4-2)11(8-17)14(15)16-12/h5-8H,3-4H2,1-2H3. The molecule has 2 aromatic rings. The number of aldehydes is 1. The molecular weight excluding hydrogens is 234 g/mol. The van der Waals surface area contributed by atoms with Gasteiger partial charge < -0.3 is 0 Å². The first-order valence-electron chi connectivity index (χ1n) is 5.78. The SMILES string of the molecule is CCc1cccc2nc(Cl)c(C=O)c(CC)c12. The fourth-order valence-electron chi connectivity index (χ4n) is 2.23. The molecule has 0 aliphatic rings. The first-order valence-corrected chi connectivity index (χ1v) is 6.15. The van der Waals surface area contributed by atoms with Gasteiger partial charge in [0, 0.05) is 5.39 Å². The van der Waals surface area contributed by atoms with Crippen molar-refractivity contribution in [2.45, 2.75) is 26.7 Å². The van der Waals surface area contributed by atoms with E-state index in [9.17, 15) is 4.79 Å². The van der Waals surface area contributed by atoms with Gasteiger partial charge in [-0.2, -0.15) is 0 Å². The van der Waals surface area contributed by atoms with Gasteiger partial charge in [0.25, 0.3) is 0 Å². The number of carbonyl (C=O) groups is 1. The van der Waals surface area contributed by atoms with Crippen LogP contribution in [0, 0.1) is 0 Å². The highest BCUT2D eigenvalue weighted by Gasteiger charge is 2.13. The van der Waals surface area contributed by atoms with Crippen molar-refractivity contribution in [1.82, 2.24) is 4.98 Å². The summed E-state index contributed by atoms with van der Waals surface area (Å²) in [5.74, 6) is 0. The maximum absolute atomic E-state index is 11.1. The second-order valence-corrected chi connectivity index (χ2v) is 4.29. The molecule has 1 aromatic heterocycles. The Hall–Kier alpha value is -1.41. The minimum absolute atomic E-state index is 0.303. The van der Waals surface area contributed by atoms with E-state index in [1.54, 1.807) is 0 Å². The van der Waals surface area contributed by atoms with Gasteiger partial charge in [-0.1, -0.05) is 37.6 Å². The van der Waals surface area contributed by atoms with E-state index in [0.29, 0.717) is 10.7 Å². The van der Waals surface area contributed by atoms with Crippen molar-refractivity contribution in [3.8, 4) is 0 Å². The van der Waals surface area contributed by atoms with Crippen molar-refractivity contribution >= 4 is 28.8 Å². The number of nitrogens with zero attached hydrogens (tertiary/aromatic N) is 1. The van der Waals surface area contributed by atoms with Crippen LogP contribution < -0.4 is 0 Å². The Morgan fingerprint density at radius 3 is 2.65 bits per heavy atom. The topological polar surface area (TPSA) is 30.0 Å².